The quantitative estimate of drug-likeness (QED) is 0.468. The molecule has 0 aliphatic carbocycles. The van der Waals surface area contributed by atoms with Crippen LogP contribution in [0.4, 0.5) is 4.39 Å². The number of halogens is 1. The number of aliphatic hydroxyl groups is 1. The third kappa shape index (κ3) is 6.25. The predicted octanol–water partition coefficient (Wildman–Crippen LogP) is 2.56. The van der Waals surface area contributed by atoms with Gasteiger partial charge in [0.25, 0.3) is 5.91 Å². The Balaban J connectivity index is 1.69. The number of benzene rings is 1. The summed E-state index contributed by atoms with van der Waals surface area (Å²) in [5, 5.41) is 9.84. The van der Waals surface area contributed by atoms with Crippen LogP contribution in [0.1, 0.15) is 35.3 Å². The largest absolute Gasteiger partial charge is 0.472 e. The second-order valence-corrected chi connectivity index (χ2v) is 11.4. The summed E-state index contributed by atoms with van der Waals surface area (Å²) in [4.78, 5) is 23.0. The van der Waals surface area contributed by atoms with Crippen molar-refractivity contribution in [2.24, 2.45) is 5.92 Å². The van der Waals surface area contributed by atoms with Crippen LogP contribution in [0.25, 0.3) is 0 Å². The molecule has 0 spiro atoms. The van der Waals surface area contributed by atoms with Crippen LogP contribution in [0.5, 0.6) is 5.88 Å². The van der Waals surface area contributed by atoms with Crippen molar-refractivity contribution < 1.29 is 27.4 Å². The van der Waals surface area contributed by atoms with E-state index >= 15 is 0 Å². The molecule has 1 aliphatic heterocycles. The van der Waals surface area contributed by atoms with Gasteiger partial charge in [0, 0.05) is 49.2 Å². The van der Waals surface area contributed by atoms with Gasteiger partial charge in [-0.2, -0.15) is 4.31 Å². The molecule has 0 radical (unpaired) electrons. The standard InChI is InChI=1S/C28H29FN4O5S/c1-19-16-33(20(2)18-34)28(35)23-13-22(11-10-21-7-6-12-30-14-21)15-31-27(23)38-25(19)17-32(3)39(36,37)26-9-5-4-8-24(26)29/h4-9,12-15,19-20,25,34H,16-18H2,1-3H3/t19-,20-,25+/m1/s1. The summed E-state index contributed by atoms with van der Waals surface area (Å²) < 4.78 is 47.8. The maximum Gasteiger partial charge on any atom is 0.259 e. The molecule has 1 aromatic carbocycles. The molecule has 1 aliphatic rings. The van der Waals surface area contributed by atoms with E-state index in [-0.39, 0.29) is 43.0 Å². The molecule has 39 heavy (non-hydrogen) atoms. The number of sulfonamides is 1. The SMILES string of the molecule is C[C@@H]1CN([C@H](C)CO)C(=O)c2cc(C#Cc3cccnc3)cnc2O[C@H]1CN(C)S(=O)(=O)c1ccccc1F. The van der Waals surface area contributed by atoms with Gasteiger partial charge in [-0.05, 0) is 37.3 Å². The molecule has 0 bridgehead atoms. The molecular formula is C28H29FN4O5S. The maximum absolute atomic E-state index is 14.3. The van der Waals surface area contributed by atoms with Gasteiger partial charge in [0.05, 0.1) is 19.2 Å². The summed E-state index contributed by atoms with van der Waals surface area (Å²) in [5.41, 5.74) is 1.30. The number of likely N-dealkylation sites (N-methyl/N-ethyl adjacent to an activating group) is 1. The molecule has 3 atom stereocenters. The highest BCUT2D eigenvalue weighted by molar-refractivity contribution is 7.89. The van der Waals surface area contributed by atoms with E-state index in [0.29, 0.717) is 11.1 Å². The first kappa shape index (κ1) is 28.2. The van der Waals surface area contributed by atoms with Crippen LogP contribution in [0.15, 0.2) is 66.0 Å². The molecular weight excluding hydrogens is 523 g/mol. The highest BCUT2D eigenvalue weighted by atomic mass is 32.2. The van der Waals surface area contributed by atoms with Crippen molar-refractivity contribution in [3.8, 4) is 17.7 Å². The summed E-state index contributed by atoms with van der Waals surface area (Å²) >= 11 is 0. The zero-order valence-electron chi connectivity index (χ0n) is 21.8. The molecule has 204 valence electrons. The van der Waals surface area contributed by atoms with Crippen molar-refractivity contribution >= 4 is 15.9 Å². The Morgan fingerprint density at radius 3 is 2.64 bits per heavy atom. The summed E-state index contributed by atoms with van der Waals surface area (Å²) in [6.45, 7) is 3.32. The number of amides is 1. The monoisotopic (exact) mass is 552 g/mol. The lowest BCUT2D eigenvalue weighted by atomic mass is 10.0. The molecule has 0 unspecified atom stereocenters. The Labute approximate surface area is 227 Å². The number of hydrogen-bond acceptors (Lipinski definition) is 7. The third-order valence-corrected chi connectivity index (χ3v) is 8.35. The Morgan fingerprint density at radius 2 is 1.95 bits per heavy atom. The van der Waals surface area contributed by atoms with Gasteiger partial charge in [-0.25, -0.2) is 17.8 Å². The average Bonchev–Trinajstić information content (AvgIpc) is 2.94. The second-order valence-electron chi connectivity index (χ2n) is 9.41. The molecule has 11 heteroatoms. The van der Waals surface area contributed by atoms with E-state index in [1.54, 1.807) is 37.5 Å². The van der Waals surface area contributed by atoms with Gasteiger partial charge in [0.1, 0.15) is 22.4 Å². The Hall–Kier alpha value is -3.85. The van der Waals surface area contributed by atoms with Crippen molar-refractivity contribution in [1.29, 1.82) is 0 Å². The van der Waals surface area contributed by atoms with E-state index < -0.39 is 32.9 Å². The lowest BCUT2D eigenvalue weighted by Crippen LogP contribution is -2.50. The number of aromatic nitrogens is 2. The molecule has 0 saturated heterocycles. The first-order valence-corrected chi connectivity index (χ1v) is 13.8. The number of carbonyl (C=O) groups excluding carboxylic acids is 1. The average molecular weight is 553 g/mol. The number of pyridine rings is 2. The van der Waals surface area contributed by atoms with Gasteiger partial charge in [-0.3, -0.25) is 9.78 Å². The number of fused-ring (bicyclic) bond motifs is 1. The zero-order chi connectivity index (χ0) is 28.2. The van der Waals surface area contributed by atoms with E-state index in [9.17, 15) is 22.7 Å². The van der Waals surface area contributed by atoms with E-state index in [2.05, 4.69) is 21.8 Å². The summed E-state index contributed by atoms with van der Waals surface area (Å²) in [5.74, 6) is 4.37. The summed E-state index contributed by atoms with van der Waals surface area (Å²) in [6.07, 6.45) is 3.99. The van der Waals surface area contributed by atoms with Gasteiger partial charge < -0.3 is 14.7 Å². The van der Waals surface area contributed by atoms with Gasteiger partial charge >= 0.3 is 0 Å². The fourth-order valence-electron chi connectivity index (χ4n) is 4.14. The van der Waals surface area contributed by atoms with Crippen molar-refractivity contribution in [2.45, 2.75) is 30.9 Å². The lowest BCUT2D eigenvalue weighted by molar-refractivity contribution is 0.0373. The number of hydrogen-bond donors (Lipinski definition) is 1. The van der Waals surface area contributed by atoms with Crippen LogP contribution >= 0.6 is 0 Å². The van der Waals surface area contributed by atoms with Gasteiger partial charge in [0.15, 0.2) is 0 Å². The molecule has 2 aromatic heterocycles. The Bertz CT molecular complexity index is 1510. The zero-order valence-corrected chi connectivity index (χ0v) is 22.6. The molecule has 1 amide bonds. The Kier molecular flexibility index (Phi) is 8.60. The normalized spacial score (nSPS) is 18.3. The number of nitrogens with zero attached hydrogens (tertiary/aromatic N) is 4. The van der Waals surface area contributed by atoms with Crippen LogP contribution in [0.3, 0.4) is 0 Å². The summed E-state index contributed by atoms with van der Waals surface area (Å²) in [6, 6.07) is 9.78. The molecule has 1 N–H and O–H groups in total. The van der Waals surface area contributed by atoms with Gasteiger partial charge in [0.2, 0.25) is 15.9 Å². The van der Waals surface area contributed by atoms with Crippen LogP contribution in [-0.2, 0) is 10.0 Å². The summed E-state index contributed by atoms with van der Waals surface area (Å²) in [7, 11) is -2.81. The predicted molar refractivity (Wildman–Crippen MR) is 142 cm³/mol. The molecule has 0 saturated carbocycles. The number of carbonyl (C=O) groups is 1. The fraction of sp³-hybridized carbons (Fsp3) is 0.321. The van der Waals surface area contributed by atoms with Gasteiger partial charge in [-0.1, -0.05) is 30.9 Å². The Morgan fingerprint density at radius 1 is 1.21 bits per heavy atom. The van der Waals surface area contributed by atoms with Crippen molar-refractivity contribution in [3.63, 3.8) is 0 Å². The minimum atomic E-state index is -4.16. The van der Waals surface area contributed by atoms with Crippen LogP contribution in [0.2, 0.25) is 0 Å². The van der Waals surface area contributed by atoms with E-state index in [1.165, 1.54) is 36.3 Å². The number of rotatable bonds is 6. The van der Waals surface area contributed by atoms with E-state index in [4.69, 9.17) is 4.74 Å². The number of ether oxygens (including phenoxy) is 1. The topological polar surface area (TPSA) is 113 Å². The van der Waals surface area contributed by atoms with Crippen LogP contribution in [-0.4, -0.2) is 77.5 Å². The van der Waals surface area contributed by atoms with Crippen LogP contribution in [0, 0.1) is 23.6 Å². The van der Waals surface area contributed by atoms with E-state index in [1.807, 2.05) is 6.92 Å². The first-order valence-electron chi connectivity index (χ1n) is 12.3. The van der Waals surface area contributed by atoms with Crippen molar-refractivity contribution in [2.75, 3.05) is 26.7 Å². The second kappa shape index (κ2) is 11.9. The highest BCUT2D eigenvalue weighted by Crippen LogP contribution is 2.28. The van der Waals surface area contributed by atoms with Crippen LogP contribution < -0.4 is 4.74 Å². The molecule has 3 aromatic rings. The van der Waals surface area contributed by atoms with Crippen molar-refractivity contribution in [1.82, 2.24) is 19.2 Å². The lowest BCUT2D eigenvalue weighted by Gasteiger charge is -2.37. The molecule has 9 nitrogen and oxygen atoms in total. The minimum absolute atomic E-state index is 0.0234. The molecule has 4 rings (SSSR count). The third-order valence-electron chi connectivity index (χ3n) is 6.50. The molecule has 3 heterocycles. The fourth-order valence-corrected chi connectivity index (χ4v) is 5.39. The smallest absolute Gasteiger partial charge is 0.259 e. The number of aliphatic hydroxyl groups excluding tert-OH is 1. The highest BCUT2D eigenvalue weighted by Gasteiger charge is 2.36. The van der Waals surface area contributed by atoms with Crippen molar-refractivity contribution in [3.05, 3.63) is 83.6 Å². The van der Waals surface area contributed by atoms with E-state index in [0.717, 1.165) is 10.4 Å². The first-order chi connectivity index (χ1) is 18.6. The molecule has 0 fully saturated rings. The maximum atomic E-state index is 14.3. The van der Waals surface area contributed by atoms with Gasteiger partial charge in [-0.15, -0.1) is 0 Å². The minimum Gasteiger partial charge on any atom is -0.472 e.